The Kier molecular flexibility index (Phi) is 4.25. The third-order valence-corrected chi connectivity index (χ3v) is 3.23. The monoisotopic (exact) mass is 328 g/mol. The molecule has 2 aromatic heterocycles. The molecule has 122 valence electrons. The largest absolute Gasteiger partial charge is 0.446 e. The number of benzene rings is 1. The van der Waals surface area contributed by atoms with E-state index < -0.39 is 5.76 Å². The Labute approximate surface area is 134 Å². The van der Waals surface area contributed by atoms with Crippen LogP contribution < -0.4 is 11.1 Å². The van der Waals surface area contributed by atoms with Crippen LogP contribution in [0.4, 0.5) is 5.82 Å². The molecule has 0 aliphatic rings. The Morgan fingerprint density at radius 2 is 2.17 bits per heavy atom. The maximum atomic E-state index is 12.1. The Morgan fingerprint density at radius 1 is 1.33 bits per heavy atom. The summed E-state index contributed by atoms with van der Waals surface area (Å²) in [5, 5.41) is 17.6. The molecule has 0 saturated heterocycles. The highest BCUT2D eigenvalue weighted by atomic mass is 16.6. The van der Waals surface area contributed by atoms with Gasteiger partial charge in [0.25, 0.3) is 0 Å². The van der Waals surface area contributed by atoms with Crippen molar-refractivity contribution in [3.8, 4) is 17.2 Å². The van der Waals surface area contributed by atoms with Crippen LogP contribution >= 0.6 is 0 Å². The minimum Gasteiger partial charge on any atom is -0.365 e. The van der Waals surface area contributed by atoms with Gasteiger partial charge in [0.1, 0.15) is 0 Å². The van der Waals surface area contributed by atoms with Gasteiger partial charge in [0.05, 0.1) is 5.69 Å². The van der Waals surface area contributed by atoms with Crippen molar-refractivity contribution in [1.29, 1.82) is 0 Å². The lowest BCUT2D eigenvalue weighted by Crippen LogP contribution is -2.15. The van der Waals surface area contributed by atoms with Crippen molar-refractivity contribution in [1.82, 2.24) is 20.0 Å². The fourth-order valence-electron chi connectivity index (χ4n) is 2.15. The average molecular weight is 328 g/mol. The molecule has 0 spiro atoms. The van der Waals surface area contributed by atoms with Crippen molar-refractivity contribution < 1.29 is 9.15 Å². The van der Waals surface area contributed by atoms with Gasteiger partial charge in [-0.2, -0.15) is 0 Å². The van der Waals surface area contributed by atoms with Crippen LogP contribution in [0.15, 0.2) is 43.3 Å². The summed E-state index contributed by atoms with van der Waals surface area (Å²) in [6, 6.07) is 7.28. The normalized spacial score (nSPS) is 10.4. The standard InChI is InChI=1S/C13H12N8O3/c1-8-4-2-3-5-9(8)21-12(19-23-13(21)22)10-11(18-24-17-10)15-6-7-16-20-14/h2-5H,6-7H2,1H3,(H,15,18). The second kappa shape index (κ2) is 6.67. The molecule has 1 N–H and O–H groups in total. The molecular weight excluding hydrogens is 316 g/mol. The first-order valence-corrected chi connectivity index (χ1v) is 6.94. The van der Waals surface area contributed by atoms with Gasteiger partial charge in [-0.25, -0.2) is 14.0 Å². The molecular formula is C13H12N8O3. The molecule has 0 aliphatic carbocycles. The number of aryl methyl sites for hydroxylation is 1. The molecule has 2 heterocycles. The Morgan fingerprint density at radius 3 is 2.96 bits per heavy atom. The molecule has 11 nitrogen and oxygen atoms in total. The van der Waals surface area contributed by atoms with Crippen LogP contribution in [0.2, 0.25) is 0 Å². The molecule has 24 heavy (non-hydrogen) atoms. The van der Waals surface area contributed by atoms with Crippen LogP contribution in [0.25, 0.3) is 27.6 Å². The highest BCUT2D eigenvalue weighted by molar-refractivity contribution is 5.66. The molecule has 0 amide bonds. The van der Waals surface area contributed by atoms with Gasteiger partial charge >= 0.3 is 5.76 Å². The zero-order valence-electron chi connectivity index (χ0n) is 12.6. The summed E-state index contributed by atoms with van der Waals surface area (Å²) in [6.45, 7) is 2.39. The second-order valence-corrected chi connectivity index (χ2v) is 4.74. The lowest BCUT2D eigenvalue weighted by molar-refractivity contribution is 0.309. The van der Waals surface area contributed by atoms with E-state index in [0.717, 1.165) is 5.56 Å². The molecule has 0 unspecified atom stereocenters. The number of rotatable bonds is 6. The van der Waals surface area contributed by atoms with E-state index >= 15 is 0 Å². The summed E-state index contributed by atoms with van der Waals surface area (Å²) >= 11 is 0. The summed E-state index contributed by atoms with van der Waals surface area (Å²) in [5.74, 6) is -0.233. The van der Waals surface area contributed by atoms with Crippen molar-refractivity contribution in [3.63, 3.8) is 0 Å². The fraction of sp³-hybridized carbons (Fsp3) is 0.231. The zero-order valence-corrected chi connectivity index (χ0v) is 12.6. The minimum atomic E-state index is -0.651. The molecule has 0 atom stereocenters. The van der Waals surface area contributed by atoms with Crippen molar-refractivity contribution in [2.75, 3.05) is 18.4 Å². The van der Waals surface area contributed by atoms with Gasteiger partial charge in [-0.15, -0.1) is 0 Å². The predicted molar refractivity (Wildman–Crippen MR) is 82.6 cm³/mol. The van der Waals surface area contributed by atoms with E-state index in [4.69, 9.17) is 14.7 Å². The highest BCUT2D eigenvalue weighted by Crippen LogP contribution is 2.24. The first-order valence-electron chi connectivity index (χ1n) is 6.94. The molecule has 3 rings (SSSR count). The van der Waals surface area contributed by atoms with Crippen molar-refractivity contribution >= 4 is 5.82 Å². The van der Waals surface area contributed by atoms with Gasteiger partial charge in [-0.1, -0.05) is 28.5 Å². The zero-order chi connectivity index (χ0) is 16.9. The summed E-state index contributed by atoms with van der Waals surface area (Å²) in [6.07, 6.45) is 0. The maximum absolute atomic E-state index is 12.1. The van der Waals surface area contributed by atoms with Gasteiger partial charge in [0, 0.05) is 18.0 Å². The van der Waals surface area contributed by atoms with Crippen molar-refractivity contribution in [3.05, 3.63) is 50.8 Å². The van der Waals surface area contributed by atoms with Gasteiger partial charge < -0.3 is 5.32 Å². The topological polar surface area (TPSA) is 148 Å². The number of nitrogens with zero attached hydrogens (tertiary/aromatic N) is 7. The van der Waals surface area contributed by atoms with E-state index in [9.17, 15) is 4.79 Å². The Hall–Kier alpha value is -3.59. The lowest BCUT2D eigenvalue weighted by atomic mass is 10.2. The van der Waals surface area contributed by atoms with Gasteiger partial charge in [0.15, 0.2) is 5.69 Å². The minimum absolute atomic E-state index is 0.154. The van der Waals surface area contributed by atoms with Gasteiger partial charge in [-0.05, 0) is 34.4 Å². The number of para-hydroxylation sites is 1. The van der Waals surface area contributed by atoms with Crippen LogP contribution in [0.1, 0.15) is 5.56 Å². The van der Waals surface area contributed by atoms with Gasteiger partial charge in [-0.3, -0.25) is 4.52 Å². The first-order chi connectivity index (χ1) is 11.7. The first kappa shape index (κ1) is 15.3. The molecule has 0 aliphatic heterocycles. The van der Waals surface area contributed by atoms with E-state index in [1.807, 2.05) is 19.1 Å². The van der Waals surface area contributed by atoms with E-state index in [0.29, 0.717) is 12.2 Å². The van der Waals surface area contributed by atoms with E-state index in [1.165, 1.54) is 4.57 Å². The van der Waals surface area contributed by atoms with Crippen LogP contribution in [0.3, 0.4) is 0 Å². The van der Waals surface area contributed by atoms with Crippen LogP contribution in [0.5, 0.6) is 0 Å². The smallest absolute Gasteiger partial charge is 0.365 e. The number of hydrogen-bond acceptors (Lipinski definition) is 8. The number of aromatic nitrogens is 4. The summed E-state index contributed by atoms with van der Waals surface area (Å²) in [7, 11) is 0. The van der Waals surface area contributed by atoms with Crippen LogP contribution in [0, 0.1) is 6.92 Å². The van der Waals surface area contributed by atoms with Crippen molar-refractivity contribution in [2.45, 2.75) is 6.92 Å². The average Bonchev–Trinajstić information content (AvgIpc) is 3.18. The Bertz CT molecular complexity index is 950. The predicted octanol–water partition coefficient (Wildman–Crippen LogP) is 1.91. The quantitative estimate of drug-likeness (QED) is 0.314. The molecule has 3 aromatic rings. The number of azide groups is 1. The summed E-state index contributed by atoms with van der Waals surface area (Å²) < 4.78 is 10.8. The highest BCUT2D eigenvalue weighted by Gasteiger charge is 2.23. The fourth-order valence-corrected chi connectivity index (χ4v) is 2.15. The third kappa shape index (κ3) is 2.83. The van der Waals surface area contributed by atoms with Gasteiger partial charge in [0.2, 0.25) is 11.6 Å². The number of hydrogen-bond donors (Lipinski definition) is 1. The van der Waals surface area contributed by atoms with E-state index in [1.54, 1.807) is 12.1 Å². The van der Waals surface area contributed by atoms with Crippen molar-refractivity contribution in [2.24, 2.45) is 5.11 Å². The summed E-state index contributed by atoms with van der Waals surface area (Å²) in [5.41, 5.74) is 9.96. The molecule has 0 saturated carbocycles. The lowest BCUT2D eigenvalue weighted by Gasteiger charge is -2.06. The third-order valence-electron chi connectivity index (χ3n) is 3.23. The molecule has 0 bridgehead atoms. The second-order valence-electron chi connectivity index (χ2n) is 4.74. The maximum Gasteiger partial charge on any atom is 0.446 e. The Balaban J connectivity index is 2.01. The number of anilines is 1. The van der Waals surface area contributed by atoms with Crippen LogP contribution in [-0.2, 0) is 0 Å². The molecule has 0 fully saturated rings. The molecule has 0 radical (unpaired) electrons. The van der Waals surface area contributed by atoms with E-state index in [2.05, 4.69) is 30.8 Å². The van der Waals surface area contributed by atoms with Crippen LogP contribution in [-0.4, -0.2) is 33.1 Å². The van der Waals surface area contributed by atoms with E-state index in [-0.39, 0.29) is 23.9 Å². The number of nitrogens with one attached hydrogen (secondary N) is 1. The summed E-state index contributed by atoms with van der Waals surface area (Å²) in [4.78, 5) is 14.7. The molecule has 11 heteroatoms. The SMILES string of the molecule is Cc1ccccc1-n1c(-c2nonc2NCCN=[N+]=[N-])noc1=O. The molecule has 1 aromatic carbocycles.